The first kappa shape index (κ1) is 14.6. The number of benzene rings is 1. The summed E-state index contributed by atoms with van der Waals surface area (Å²) in [4.78, 5) is 0. The fourth-order valence-electron chi connectivity index (χ4n) is 1.15. The molecule has 1 rings (SSSR count). The zero-order valence-electron chi connectivity index (χ0n) is 8.47. The summed E-state index contributed by atoms with van der Waals surface area (Å²) in [5.41, 5.74) is 0.237. The Morgan fingerprint density at radius 3 is 2.53 bits per heavy atom. The molecule has 0 saturated carbocycles. The molecule has 1 aromatic rings. The predicted molar refractivity (Wildman–Crippen MR) is 58.3 cm³/mol. The van der Waals surface area contributed by atoms with Gasteiger partial charge < -0.3 is 9.84 Å². The maximum atomic E-state index is 11.8. The number of hydrogen-bond acceptors (Lipinski definition) is 2. The molecule has 0 radical (unpaired) electrons. The van der Waals surface area contributed by atoms with Crippen molar-refractivity contribution in [2.75, 3.05) is 13.2 Å². The highest BCUT2D eigenvalue weighted by atomic mass is 35.5. The summed E-state index contributed by atoms with van der Waals surface area (Å²) in [6.45, 7) is -1.91. The first-order valence-corrected chi connectivity index (χ1v) is 5.33. The fraction of sp³-hybridized carbons (Fsp3) is 0.400. The Balaban J connectivity index is 2.58. The Morgan fingerprint density at radius 2 is 1.94 bits per heavy atom. The molecule has 0 fully saturated rings. The number of aliphatic hydroxyl groups excluding tert-OH is 1. The van der Waals surface area contributed by atoms with Gasteiger partial charge in [0.05, 0.1) is 16.7 Å². The number of hydrogen-bond donors (Lipinski definition) is 1. The lowest BCUT2D eigenvalue weighted by Gasteiger charge is -2.14. The molecule has 96 valence electrons. The second-order valence-corrected chi connectivity index (χ2v) is 4.07. The van der Waals surface area contributed by atoms with Gasteiger partial charge in [-0.3, -0.25) is 0 Å². The van der Waals surface area contributed by atoms with E-state index >= 15 is 0 Å². The minimum atomic E-state index is -4.42. The molecule has 1 atom stereocenters. The van der Waals surface area contributed by atoms with Crippen molar-refractivity contribution in [1.82, 2.24) is 0 Å². The van der Waals surface area contributed by atoms with E-state index in [0.29, 0.717) is 0 Å². The summed E-state index contributed by atoms with van der Waals surface area (Å²) in [7, 11) is 0. The van der Waals surface area contributed by atoms with Gasteiger partial charge in [-0.2, -0.15) is 13.2 Å². The number of ether oxygens (including phenoxy) is 1. The molecule has 7 heteroatoms. The Kier molecular flexibility index (Phi) is 5.06. The van der Waals surface area contributed by atoms with Crippen LogP contribution in [0.15, 0.2) is 18.2 Å². The van der Waals surface area contributed by atoms with Crippen molar-refractivity contribution in [3.8, 4) is 0 Å². The van der Waals surface area contributed by atoms with Gasteiger partial charge in [0.2, 0.25) is 0 Å². The summed E-state index contributed by atoms with van der Waals surface area (Å²) < 4.78 is 39.7. The normalized spacial score (nSPS) is 13.8. The van der Waals surface area contributed by atoms with E-state index in [2.05, 4.69) is 4.74 Å². The van der Waals surface area contributed by atoms with Gasteiger partial charge in [-0.15, -0.1) is 0 Å². The molecular weight excluding hydrogens is 280 g/mol. The van der Waals surface area contributed by atoms with Gasteiger partial charge in [0.25, 0.3) is 0 Å². The van der Waals surface area contributed by atoms with Crippen molar-refractivity contribution in [2.45, 2.75) is 12.3 Å². The molecule has 1 N–H and O–H groups in total. The molecule has 0 spiro atoms. The van der Waals surface area contributed by atoms with E-state index in [4.69, 9.17) is 23.2 Å². The summed E-state index contributed by atoms with van der Waals surface area (Å²) in [6, 6.07) is 4.52. The smallest absolute Gasteiger partial charge is 0.386 e. The molecule has 0 saturated heterocycles. The molecule has 1 aromatic carbocycles. The molecule has 2 nitrogen and oxygen atoms in total. The molecule has 0 aliphatic heterocycles. The van der Waals surface area contributed by atoms with E-state index in [9.17, 15) is 18.3 Å². The highest BCUT2D eigenvalue weighted by Crippen LogP contribution is 2.30. The van der Waals surface area contributed by atoms with Crippen molar-refractivity contribution >= 4 is 23.2 Å². The lowest BCUT2D eigenvalue weighted by Crippen LogP contribution is -2.19. The van der Waals surface area contributed by atoms with Gasteiger partial charge in [-0.25, -0.2) is 0 Å². The van der Waals surface area contributed by atoms with Crippen LogP contribution in [0.2, 0.25) is 10.0 Å². The number of halogens is 5. The van der Waals surface area contributed by atoms with Gasteiger partial charge in [0.1, 0.15) is 12.7 Å². The van der Waals surface area contributed by atoms with Crippen LogP contribution >= 0.6 is 23.2 Å². The average molecular weight is 289 g/mol. The molecule has 17 heavy (non-hydrogen) atoms. The van der Waals surface area contributed by atoms with Gasteiger partial charge in [-0.05, 0) is 6.07 Å². The van der Waals surface area contributed by atoms with Crippen LogP contribution in [0, 0.1) is 0 Å². The predicted octanol–water partition coefficient (Wildman–Crippen LogP) is 3.61. The summed E-state index contributed by atoms with van der Waals surface area (Å²) in [5.74, 6) is 0. The van der Waals surface area contributed by atoms with Crippen molar-refractivity contribution in [2.24, 2.45) is 0 Å². The van der Waals surface area contributed by atoms with Crippen LogP contribution in [0.3, 0.4) is 0 Å². The number of alkyl halides is 3. The highest BCUT2D eigenvalue weighted by Gasteiger charge is 2.28. The third-order valence-corrected chi connectivity index (χ3v) is 2.72. The molecule has 0 amide bonds. The maximum absolute atomic E-state index is 11.8. The summed E-state index contributed by atoms with van der Waals surface area (Å²) >= 11 is 11.5. The summed E-state index contributed by atoms with van der Waals surface area (Å²) in [6.07, 6.45) is -5.67. The van der Waals surface area contributed by atoms with E-state index in [-0.39, 0.29) is 15.6 Å². The average Bonchev–Trinajstić information content (AvgIpc) is 2.20. The van der Waals surface area contributed by atoms with Crippen LogP contribution < -0.4 is 0 Å². The zero-order valence-corrected chi connectivity index (χ0v) is 9.98. The summed E-state index contributed by atoms with van der Waals surface area (Å²) in [5, 5.41) is 9.92. The van der Waals surface area contributed by atoms with Gasteiger partial charge >= 0.3 is 6.18 Å². The van der Waals surface area contributed by atoms with Crippen LogP contribution in [0.1, 0.15) is 11.7 Å². The molecule has 0 aromatic heterocycles. The molecular formula is C10H9Cl2F3O2. The second-order valence-electron chi connectivity index (χ2n) is 3.29. The highest BCUT2D eigenvalue weighted by molar-refractivity contribution is 6.42. The lowest BCUT2D eigenvalue weighted by atomic mass is 10.1. The van der Waals surface area contributed by atoms with E-state index < -0.39 is 25.5 Å². The third-order valence-electron chi connectivity index (χ3n) is 1.88. The van der Waals surface area contributed by atoms with Gasteiger partial charge in [0.15, 0.2) is 0 Å². The SMILES string of the molecule is OC(COCC(F)(F)F)c1cccc(Cl)c1Cl. The first-order valence-electron chi connectivity index (χ1n) is 4.57. The van der Waals surface area contributed by atoms with E-state index in [0.717, 1.165) is 0 Å². The lowest BCUT2D eigenvalue weighted by molar-refractivity contribution is -0.179. The zero-order chi connectivity index (χ0) is 13.1. The van der Waals surface area contributed by atoms with Crippen molar-refractivity contribution in [3.63, 3.8) is 0 Å². The van der Waals surface area contributed by atoms with Gasteiger partial charge in [-0.1, -0.05) is 35.3 Å². The van der Waals surface area contributed by atoms with Crippen LogP contribution in [-0.2, 0) is 4.74 Å². The number of aliphatic hydroxyl groups is 1. The molecule has 0 aliphatic carbocycles. The fourth-order valence-corrected chi connectivity index (χ4v) is 1.59. The van der Waals surface area contributed by atoms with Crippen molar-refractivity contribution in [3.05, 3.63) is 33.8 Å². The number of rotatable bonds is 4. The van der Waals surface area contributed by atoms with Crippen LogP contribution in [0.4, 0.5) is 13.2 Å². The van der Waals surface area contributed by atoms with Crippen LogP contribution in [-0.4, -0.2) is 24.5 Å². The Morgan fingerprint density at radius 1 is 1.29 bits per heavy atom. The van der Waals surface area contributed by atoms with E-state index in [1.54, 1.807) is 0 Å². The largest absolute Gasteiger partial charge is 0.411 e. The van der Waals surface area contributed by atoms with Crippen molar-refractivity contribution in [1.29, 1.82) is 0 Å². The van der Waals surface area contributed by atoms with Crippen LogP contribution in [0.25, 0.3) is 0 Å². The molecule has 0 aliphatic rings. The molecule has 1 unspecified atom stereocenters. The van der Waals surface area contributed by atoms with Crippen molar-refractivity contribution < 1.29 is 23.0 Å². The first-order chi connectivity index (χ1) is 7.81. The van der Waals surface area contributed by atoms with E-state index in [1.807, 2.05) is 0 Å². The Labute approximate surface area is 106 Å². The minimum Gasteiger partial charge on any atom is -0.386 e. The molecule has 0 heterocycles. The minimum absolute atomic E-state index is 0.109. The third kappa shape index (κ3) is 4.71. The van der Waals surface area contributed by atoms with Crippen LogP contribution in [0.5, 0.6) is 0 Å². The van der Waals surface area contributed by atoms with Gasteiger partial charge in [0, 0.05) is 5.56 Å². The standard InChI is InChI=1S/C10H9Cl2F3O2/c11-7-3-1-2-6(9(7)12)8(16)4-17-5-10(13,14)15/h1-3,8,16H,4-5H2. The Hall–Kier alpha value is -0.490. The maximum Gasteiger partial charge on any atom is 0.411 e. The van der Waals surface area contributed by atoms with E-state index in [1.165, 1.54) is 18.2 Å². The molecule has 0 bridgehead atoms. The monoisotopic (exact) mass is 288 g/mol. The second kappa shape index (κ2) is 5.91. The topological polar surface area (TPSA) is 29.5 Å². The quantitative estimate of drug-likeness (QED) is 0.917. The Bertz CT molecular complexity index is 382.